The van der Waals surface area contributed by atoms with Crippen LogP contribution in [0.25, 0.3) is 0 Å². The lowest BCUT2D eigenvalue weighted by molar-refractivity contribution is -0.124. The second-order valence-corrected chi connectivity index (χ2v) is 6.87. The van der Waals surface area contributed by atoms with Gasteiger partial charge in [-0.2, -0.15) is 0 Å². The third-order valence-electron chi connectivity index (χ3n) is 3.35. The number of amidine groups is 1. The molecule has 0 spiro atoms. The molecule has 4 N–H and O–H groups in total. The molecule has 1 unspecified atom stereocenters. The van der Waals surface area contributed by atoms with Gasteiger partial charge in [0.15, 0.2) is 15.7 Å². The molecule has 1 aliphatic heterocycles. The van der Waals surface area contributed by atoms with Gasteiger partial charge in [0.05, 0.1) is 11.5 Å². The van der Waals surface area contributed by atoms with E-state index in [0.29, 0.717) is 19.3 Å². The van der Waals surface area contributed by atoms with Gasteiger partial charge in [0.1, 0.15) is 5.41 Å². The Bertz CT molecular complexity index is 467. The van der Waals surface area contributed by atoms with Crippen LogP contribution in [0.3, 0.4) is 0 Å². The van der Waals surface area contributed by atoms with E-state index in [-0.39, 0.29) is 29.3 Å². The van der Waals surface area contributed by atoms with E-state index in [2.05, 4.69) is 10.5 Å². The Hall–Kier alpha value is -1.31. The molecule has 0 aromatic carbocycles. The number of rotatable bonds is 3. The summed E-state index contributed by atoms with van der Waals surface area (Å²) >= 11 is 0. The number of carbonyl (C=O) groups excluding carboxylic acids is 1. The Morgan fingerprint density at radius 1 is 1.47 bits per heavy atom. The molecule has 0 radical (unpaired) electrons. The number of nitrogens with zero attached hydrogens (tertiary/aromatic N) is 1. The lowest BCUT2D eigenvalue weighted by atomic mass is 10.0. The van der Waals surface area contributed by atoms with Crippen LogP contribution in [0.1, 0.15) is 19.3 Å². The van der Waals surface area contributed by atoms with E-state index >= 15 is 0 Å². The maximum absolute atomic E-state index is 11.9. The van der Waals surface area contributed by atoms with Crippen molar-refractivity contribution in [3.63, 3.8) is 0 Å². The van der Waals surface area contributed by atoms with Gasteiger partial charge in [0.25, 0.3) is 0 Å². The van der Waals surface area contributed by atoms with Crippen LogP contribution in [0.15, 0.2) is 5.16 Å². The van der Waals surface area contributed by atoms with Gasteiger partial charge < -0.3 is 16.3 Å². The van der Waals surface area contributed by atoms with Gasteiger partial charge in [0.2, 0.25) is 5.91 Å². The summed E-state index contributed by atoms with van der Waals surface area (Å²) < 4.78 is 22.5. The quantitative estimate of drug-likeness (QED) is 0.255. The van der Waals surface area contributed by atoms with Crippen LogP contribution in [0.2, 0.25) is 0 Å². The summed E-state index contributed by atoms with van der Waals surface area (Å²) in [5.74, 6) is -0.356. The SMILES string of the molecule is NC(=NO)C1(C(=O)NC2CCS(=O)(=O)C2)CC1. The van der Waals surface area contributed by atoms with Crippen molar-refractivity contribution in [3.8, 4) is 0 Å². The average Bonchev–Trinajstić information content (AvgIpc) is 3.00. The zero-order valence-corrected chi connectivity index (χ0v) is 10.0. The molecular weight excluding hydrogens is 246 g/mol. The normalized spacial score (nSPS) is 29.9. The minimum atomic E-state index is -3.02. The molecule has 8 heteroatoms. The molecule has 7 nitrogen and oxygen atoms in total. The van der Waals surface area contributed by atoms with E-state index in [1.165, 1.54) is 0 Å². The van der Waals surface area contributed by atoms with Crippen molar-refractivity contribution in [2.45, 2.75) is 25.3 Å². The van der Waals surface area contributed by atoms with Crippen molar-refractivity contribution in [3.05, 3.63) is 0 Å². The average molecular weight is 261 g/mol. The van der Waals surface area contributed by atoms with Gasteiger partial charge in [-0.05, 0) is 19.3 Å². The molecule has 0 aromatic rings. The van der Waals surface area contributed by atoms with E-state index < -0.39 is 15.3 Å². The summed E-state index contributed by atoms with van der Waals surface area (Å²) in [5, 5.41) is 14.1. The smallest absolute Gasteiger partial charge is 0.234 e. The number of nitrogens with two attached hydrogens (primary N) is 1. The Kier molecular flexibility index (Phi) is 2.76. The third-order valence-corrected chi connectivity index (χ3v) is 5.12. The van der Waals surface area contributed by atoms with Crippen molar-refractivity contribution in [1.29, 1.82) is 0 Å². The maximum Gasteiger partial charge on any atom is 0.234 e. The molecule has 1 amide bonds. The summed E-state index contributed by atoms with van der Waals surface area (Å²) in [6.07, 6.45) is 1.50. The van der Waals surface area contributed by atoms with Gasteiger partial charge in [0, 0.05) is 6.04 Å². The van der Waals surface area contributed by atoms with Gasteiger partial charge in [-0.3, -0.25) is 4.79 Å². The fourth-order valence-electron chi connectivity index (χ4n) is 2.05. The molecule has 17 heavy (non-hydrogen) atoms. The van der Waals surface area contributed by atoms with Crippen molar-refractivity contribution in [2.24, 2.45) is 16.3 Å². The second-order valence-electron chi connectivity index (χ2n) is 4.64. The molecule has 0 aromatic heterocycles. The van der Waals surface area contributed by atoms with Crippen LogP contribution >= 0.6 is 0 Å². The summed E-state index contributed by atoms with van der Waals surface area (Å²) in [6.45, 7) is 0. The molecule has 2 aliphatic rings. The third kappa shape index (κ3) is 2.21. The van der Waals surface area contributed by atoms with Crippen molar-refractivity contribution >= 4 is 21.6 Å². The van der Waals surface area contributed by atoms with Crippen molar-refractivity contribution in [2.75, 3.05) is 11.5 Å². The molecule has 1 aliphatic carbocycles. The van der Waals surface area contributed by atoms with Crippen LogP contribution < -0.4 is 11.1 Å². The number of hydrogen-bond donors (Lipinski definition) is 3. The zero-order valence-electron chi connectivity index (χ0n) is 9.22. The first-order chi connectivity index (χ1) is 7.89. The van der Waals surface area contributed by atoms with E-state index in [1.807, 2.05) is 0 Å². The van der Waals surface area contributed by atoms with Crippen LogP contribution in [0.5, 0.6) is 0 Å². The predicted octanol–water partition coefficient (Wildman–Crippen LogP) is -1.18. The number of carbonyl (C=O) groups is 1. The number of amides is 1. The van der Waals surface area contributed by atoms with Crippen LogP contribution in [0.4, 0.5) is 0 Å². The number of sulfone groups is 1. The summed E-state index contributed by atoms with van der Waals surface area (Å²) in [4.78, 5) is 11.9. The molecular formula is C9H15N3O4S. The highest BCUT2D eigenvalue weighted by molar-refractivity contribution is 7.91. The maximum atomic E-state index is 11.9. The van der Waals surface area contributed by atoms with Crippen LogP contribution in [-0.4, -0.2) is 42.9 Å². The molecule has 1 atom stereocenters. The fourth-order valence-corrected chi connectivity index (χ4v) is 3.73. The first-order valence-electron chi connectivity index (χ1n) is 5.39. The molecule has 2 fully saturated rings. The van der Waals surface area contributed by atoms with E-state index in [4.69, 9.17) is 10.9 Å². The van der Waals surface area contributed by atoms with Crippen molar-refractivity contribution in [1.82, 2.24) is 5.32 Å². The summed E-state index contributed by atoms with van der Waals surface area (Å²) in [7, 11) is -3.02. The lowest BCUT2D eigenvalue weighted by Gasteiger charge is -2.17. The first-order valence-corrected chi connectivity index (χ1v) is 7.21. The van der Waals surface area contributed by atoms with Gasteiger partial charge in [-0.25, -0.2) is 8.42 Å². The highest BCUT2D eigenvalue weighted by Gasteiger charge is 2.54. The van der Waals surface area contributed by atoms with Crippen molar-refractivity contribution < 1.29 is 18.4 Å². The van der Waals surface area contributed by atoms with Crippen LogP contribution in [-0.2, 0) is 14.6 Å². The Morgan fingerprint density at radius 3 is 2.53 bits per heavy atom. The highest BCUT2D eigenvalue weighted by atomic mass is 32.2. The Morgan fingerprint density at radius 2 is 2.12 bits per heavy atom. The summed E-state index contributed by atoms with van der Waals surface area (Å²) in [6, 6.07) is -0.350. The predicted molar refractivity (Wildman–Crippen MR) is 60.3 cm³/mol. The number of hydrogen-bond acceptors (Lipinski definition) is 5. The molecule has 1 saturated carbocycles. The largest absolute Gasteiger partial charge is 0.409 e. The Labute approximate surface area is 99.0 Å². The fraction of sp³-hybridized carbons (Fsp3) is 0.778. The van der Waals surface area contributed by atoms with E-state index in [1.54, 1.807) is 0 Å². The summed E-state index contributed by atoms with van der Waals surface area (Å²) in [5.41, 5.74) is 4.55. The standard InChI is InChI=1S/C9H15N3O4S/c10-7(12-14)9(2-3-9)8(13)11-6-1-4-17(15,16)5-6/h6,14H,1-5H2,(H2,10,12)(H,11,13). The zero-order chi connectivity index (χ0) is 12.7. The minimum Gasteiger partial charge on any atom is -0.409 e. The van der Waals surface area contributed by atoms with Gasteiger partial charge in [-0.1, -0.05) is 5.16 Å². The monoisotopic (exact) mass is 261 g/mol. The number of oxime groups is 1. The Balaban J connectivity index is 2.00. The van der Waals surface area contributed by atoms with Crippen LogP contribution in [0, 0.1) is 5.41 Å². The molecule has 1 saturated heterocycles. The van der Waals surface area contributed by atoms with E-state index in [9.17, 15) is 13.2 Å². The topological polar surface area (TPSA) is 122 Å². The van der Waals surface area contributed by atoms with E-state index in [0.717, 1.165) is 0 Å². The minimum absolute atomic E-state index is 0.0228. The lowest BCUT2D eigenvalue weighted by Crippen LogP contribution is -2.45. The molecule has 2 rings (SSSR count). The van der Waals surface area contributed by atoms with Gasteiger partial charge in [-0.15, -0.1) is 0 Å². The molecule has 1 heterocycles. The first kappa shape index (κ1) is 12.2. The molecule has 0 bridgehead atoms. The molecule has 96 valence electrons. The number of nitrogens with one attached hydrogen (secondary N) is 1. The second kappa shape index (κ2) is 3.86. The van der Waals surface area contributed by atoms with Gasteiger partial charge >= 0.3 is 0 Å². The highest BCUT2D eigenvalue weighted by Crippen LogP contribution is 2.46.